The average molecular weight is 1250 g/mol. The van der Waals surface area contributed by atoms with Gasteiger partial charge in [-0.2, -0.15) is 0 Å². The average Bonchev–Trinajstić information content (AvgIpc) is 3.60. The SMILES string of the molecule is CC/C=C\C/C=C\C/C=C\C/C=C\CCCCCCCCCCCCCCCCC(=O)OC(COC(=O)CCCCCCCCCCCCCCCCCCCCCCCC/C=C\C/C=C\C/C=C\CCCCCCC)COP(=O)([O-])OCC[N+](C)(C)C. The van der Waals surface area contributed by atoms with Crippen molar-refractivity contribution in [2.45, 2.75) is 354 Å². The van der Waals surface area contributed by atoms with Crippen molar-refractivity contribution >= 4 is 19.8 Å². The third-order valence-corrected chi connectivity index (χ3v) is 17.4. The molecule has 0 aliphatic rings. The molecule has 9 nitrogen and oxygen atoms in total. The van der Waals surface area contributed by atoms with E-state index in [1.807, 2.05) is 21.1 Å². The van der Waals surface area contributed by atoms with Crippen molar-refractivity contribution in [3.63, 3.8) is 0 Å². The largest absolute Gasteiger partial charge is 0.756 e. The maximum Gasteiger partial charge on any atom is 0.306 e. The molecule has 0 radical (unpaired) electrons. The van der Waals surface area contributed by atoms with E-state index in [0.29, 0.717) is 17.4 Å². The Kier molecular flexibility index (Phi) is 66.4. The minimum atomic E-state index is -4.65. The smallest absolute Gasteiger partial charge is 0.306 e. The fourth-order valence-corrected chi connectivity index (χ4v) is 11.4. The van der Waals surface area contributed by atoms with Gasteiger partial charge in [0.25, 0.3) is 7.82 Å². The second-order valence-corrected chi connectivity index (χ2v) is 27.7. The molecule has 0 aromatic heterocycles. The van der Waals surface area contributed by atoms with Crippen molar-refractivity contribution < 1.29 is 42.1 Å². The second kappa shape index (κ2) is 68.6. The number of hydrogen-bond acceptors (Lipinski definition) is 8. The molecule has 0 saturated carbocycles. The topological polar surface area (TPSA) is 111 Å². The van der Waals surface area contributed by atoms with Gasteiger partial charge in [0.1, 0.15) is 19.8 Å². The zero-order valence-corrected chi connectivity index (χ0v) is 59.3. The Morgan fingerprint density at radius 3 is 0.966 bits per heavy atom. The summed E-state index contributed by atoms with van der Waals surface area (Å²) in [5, 5.41) is 0. The Balaban J connectivity index is 3.96. The Labute approximate surface area is 545 Å². The van der Waals surface area contributed by atoms with Gasteiger partial charge in [-0.3, -0.25) is 14.2 Å². The first-order valence-electron chi connectivity index (χ1n) is 37.3. The molecule has 0 N–H and O–H groups in total. The van der Waals surface area contributed by atoms with Crippen LogP contribution in [0.4, 0.5) is 0 Å². The van der Waals surface area contributed by atoms with E-state index >= 15 is 0 Å². The van der Waals surface area contributed by atoms with Crippen molar-refractivity contribution in [2.24, 2.45) is 0 Å². The molecule has 0 saturated heterocycles. The molecule has 0 aliphatic heterocycles. The molecule has 0 aromatic rings. The number of likely N-dealkylation sites (N-methyl/N-ethyl adjacent to an activating group) is 1. The van der Waals surface area contributed by atoms with Crippen molar-refractivity contribution in [1.82, 2.24) is 0 Å². The summed E-state index contributed by atoms with van der Waals surface area (Å²) >= 11 is 0. The molecule has 0 aromatic carbocycles. The van der Waals surface area contributed by atoms with Crippen LogP contribution in [0.3, 0.4) is 0 Å². The molecule has 0 heterocycles. The van der Waals surface area contributed by atoms with Gasteiger partial charge in [0.2, 0.25) is 0 Å². The lowest BCUT2D eigenvalue weighted by molar-refractivity contribution is -0.870. The summed E-state index contributed by atoms with van der Waals surface area (Å²) in [6.45, 7) is 4.16. The number of ether oxygens (including phenoxy) is 2. The number of hydrogen-bond donors (Lipinski definition) is 0. The molecule has 0 spiro atoms. The molecule has 88 heavy (non-hydrogen) atoms. The maximum atomic E-state index is 12.9. The fraction of sp³-hybridized carbons (Fsp3) is 0.795. The van der Waals surface area contributed by atoms with Crippen LogP contribution in [0.2, 0.25) is 0 Å². The number of allylic oxidation sites excluding steroid dienone is 14. The highest BCUT2D eigenvalue weighted by molar-refractivity contribution is 7.45. The molecule has 2 unspecified atom stereocenters. The highest BCUT2D eigenvalue weighted by Crippen LogP contribution is 2.38. The van der Waals surface area contributed by atoms with Crippen LogP contribution in [0.5, 0.6) is 0 Å². The fourth-order valence-electron chi connectivity index (χ4n) is 10.7. The second-order valence-electron chi connectivity index (χ2n) is 26.3. The number of quaternary nitrogens is 1. The van der Waals surface area contributed by atoms with Gasteiger partial charge in [0.15, 0.2) is 6.10 Å². The lowest BCUT2D eigenvalue weighted by atomic mass is 10.0. The summed E-state index contributed by atoms with van der Waals surface area (Å²) in [6.07, 6.45) is 94.0. The maximum absolute atomic E-state index is 12.9. The normalized spacial score (nSPS) is 13.6. The summed E-state index contributed by atoms with van der Waals surface area (Å²) in [4.78, 5) is 38.1. The predicted molar refractivity (Wildman–Crippen MR) is 379 cm³/mol. The molecule has 512 valence electrons. The molecular weight excluding hydrogens is 1110 g/mol. The van der Waals surface area contributed by atoms with Crippen LogP contribution in [-0.4, -0.2) is 70.0 Å². The summed E-state index contributed by atoms with van der Waals surface area (Å²) < 4.78 is 34.4. The van der Waals surface area contributed by atoms with Crippen LogP contribution in [0.25, 0.3) is 0 Å². The number of carbonyl (C=O) groups is 2. The third-order valence-electron chi connectivity index (χ3n) is 16.4. The summed E-state index contributed by atoms with van der Waals surface area (Å²) in [5.74, 6) is -0.820. The van der Waals surface area contributed by atoms with Gasteiger partial charge >= 0.3 is 11.9 Å². The Hall–Kier alpha value is -2.81. The highest BCUT2D eigenvalue weighted by Gasteiger charge is 2.22. The van der Waals surface area contributed by atoms with Crippen LogP contribution in [-0.2, 0) is 32.7 Å². The molecule has 0 fully saturated rings. The monoisotopic (exact) mass is 1250 g/mol. The number of phosphoric ester groups is 1. The van der Waals surface area contributed by atoms with Gasteiger partial charge < -0.3 is 27.9 Å². The minimum absolute atomic E-state index is 0.0315. The number of phosphoric acid groups is 1. The lowest BCUT2D eigenvalue weighted by Crippen LogP contribution is -2.37. The molecule has 0 amide bonds. The van der Waals surface area contributed by atoms with E-state index in [4.69, 9.17) is 18.5 Å². The first-order valence-corrected chi connectivity index (χ1v) is 38.8. The van der Waals surface area contributed by atoms with E-state index < -0.39 is 26.5 Å². The summed E-state index contributed by atoms with van der Waals surface area (Å²) in [5.41, 5.74) is 0. The first kappa shape index (κ1) is 85.2. The quantitative estimate of drug-likeness (QED) is 0.0195. The van der Waals surface area contributed by atoms with Gasteiger partial charge in [-0.15, -0.1) is 0 Å². The lowest BCUT2D eigenvalue weighted by Gasteiger charge is -2.28. The molecule has 0 bridgehead atoms. The van der Waals surface area contributed by atoms with E-state index in [0.717, 1.165) is 77.0 Å². The van der Waals surface area contributed by atoms with Gasteiger partial charge in [-0.05, 0) is 89.9 Å². The van der Waals surface area contributed by atoms with Crippen molar-refractivity contribution in [2.75, 3.05) is 47.5 Å². The first-order chi connectivity index (χ1) is 43.0. The zero-order chi connectivity index (χ0) is 64.1. The van der Waals surface area contributed by atoms with Crippen molar-refractivity contribution in [3.05, 3.63) is 85.1 Å². The van der Waals surface area contributed by atoms with Gasteiger partial charge in [0, 0.05) is 12.8 Å². The van der Waals surface area contributed by atoms with E-state index in [2.05, 4.69) is 98.9 Å². The number of unbranched alkanes of at least 4 members (excludes halogenated alkanes) is 41. The van der Waals surface area contributed by atoms with E-state index in [9.17, 15) is 19.0 Å². The molecule has 0 rings (SSSR count). The number of carbonyl (C=O) groups excluding carboxylic acids is 2. The standard InChI is InChI=1S/C78H142NO8P/c1-6-8-10-12-14-16-18-20-22-24-26-28-30-32-34-35-36-37-38-39-40-41-42-43-45-46-48-50-52-54-56-58-60-62-64-66-68-70-77(80)84-74-76(75-86-88(82,83)85-73-72-79(3,4)5)87-78(81)71-69-67-65-63-61-59-57-55-53-51-49-47-44-33-31-29-27-25-23-21-19-17-15-13-11-9-7-2/h9,11,15,17-18,20-21,23-24,26-27,29-30,32,76H,6-8,10,12-14,16,19,22,25,28,31,33-75H2,1-5H3/b11-9-,17-15-,20-18-,23-21-,26-24-,29-27-,32-30-. The van der Waals surface area contributed by atoms with Crippen LogP contribution < -0.4 is 4.89 Å². The summed E-state index contributed by atoms with van der Waals surface area (Å²) in [6, 6.07) is 0. The number of esters is 2. The Bertz CT molecular complexity index is 1760. The van der Waals surface area contributed by atoms with Gasteiger partial charge in [-0.1, -0.05) is 330 Å². The van der Waals surface area contributed by atoms with Crippen molar-refractivity contribution in [3.8, 4) is 0 Å². The van der Waals surface area contributed by atoms with Crippen LogP contribution >= 0.6 is 7.82 Å². The molecule has 10 heteroatoms. The number of nitrogens with zero attached hydrogens (tertiary/aromatic N) is 1. The predicted octanol–water partition coefficient (Wildman–Crippen LogP) is 23.9. The van der Waals surface area contributed by atoms with E-state index in [-0.39, 0.29) is 32.0 Å². The van der Waals surface area contributed by atoms with Crippen LogP contribution in [0.15, 0.2) is 85.1 Å². The van der Waals surface area contributed by atoms with E-state index in [1.54, 1.807) is 0 Å². The summed E-state index contributed by atoms with van der Waals surface area (Å²) in [7, 11) is 1.17. The van der Waals surface area contributed by atoms with Crippen LogP contribution in [0.1, 0.15) is 348 Å². The Morgan fingerprint density at radius 2 is 0.648 bits per heavy atom. The third kappa shape index (κ3) is 72.3. The molecule has 2 atom stereocenters. The van der Waals surface area contributed by atoms with E-state index in [1.165, 1.54) is 238 Å². The van der Waals surface area contributed by atoms with Crippen molar-refractivity contribution in [1.29, 1.82) is 0 Å². The zero-order valence-electron chi connectivity index (χ0n) is 58.4. The molecule has 0 aliphatic carbocycles. The van der Waals surface area contributed by atoms with Gasteiger partial charge in [0.05, 0.1) is 27.7 Å². The highest BCUT2D eigenvalue weighted by atomic mass is 31.2. The minimum Gasteiger partial charge on any atom is -0.756 e. The van der Waals surface area contributed by atoms with Crippen LogP contribution in [0, 0.1) is 0 Å². The molecular formula is C78H142NO8P. The van der Waals surface area contributed by atoms with Gasteiger partial charge in [-0.25, -0.2) is 0 Å². The Morgan fingerprint density at radius 1 is 0.364 bits per heavy atom. The number of rotatable bonds is 69.